The molecule has 3 heterocycles. The zero-order valence-electron chi connectivity index (χ0n) is 45.4. The number of hydrogen-bond donors (Lipinski definition) is 0. The van der Waals surface area contributed by atoms with Crippen LogP contribution in [0.2, 0.25) is 0 Å². The Bertz CT molecular complexity index is 3420. The first-order valence-corrected chi connectivity index (χ1v) is 25.3. The topological polar surface area (TPSA) is 35.9 Å². The minimum absolute atomic E-state index is 0. The maximum Gasteiger partial charge on any atom is 0.267 e. The monoisotopic (exact) mass is 1130 g/mol. The van der Waals surface area contributed by atoms with Gasteiger partial charge in [-0.15, -0.1) is 29.8 Å². The van der Waals surface area contributed by atoms with E-state index in [9.17, 15) is 0 Å². The molecule has 0 saturated carbocycles. The average Bonchev–Trinajstić information content (AvgIpc) is 3.92. The molecule has 0 unspecified atom stereocenters. The molecule has 0 fully saturated rings. The van der Waals surface area contributed by atoms with Gasteiger partial charge in [-0.05, 0) is 90.9 Å². The Kier molecular flexibility index (Phi) is 13.6. The molecule has 0 atom stereocenters. The van der Waals surface area contributed by atoms with Gasteiger partial charge >= 0.3 is 0 Å². The largest absolute Gasteiger partial charge is 0.510 e. The average molecular weight is 1130 g/mol. The molecule has 72 heavy (non-hydrogen) atoms. The summed E-state index contributed by atoms with van der Waals surface area (Å²) in [5, 5.41) is 2.32. The van der Waals surface area contributed by atoms with Crippen LogP contribution < -0.4 is 9.30 Å². The van der Waals surface area contributed by atoms with Crippen molar-refractivity contribution in [2.24, 2.45) is 0 Å². The van der Waals surface area contributed by atoms with E-state index in [1.54, 1.807) is 0 Å². The quantitative estimate of drug-likeness (QED) is 0.107. The number of pyridine rings is 1. The maximum absolute atomic E-state index is 7.11. The second-order valence-corrected chi connectivity index (χ2v) is 24.8. The maximum atomic E-state index is 7.11. The number of imidazole rings is 1. The molecule has 0 aliphatic carbocycles. The van der Waals surface area contributed by atoms with Gasteiger partial charge < -0.3 is 13.9 Å². The molecule has 9 rings (SSSR count). The molecular formula is C66H72N4OPt-2. The van der Waals surface area contributed by atoms with Crippen LogP contribution in [0, 0.1) is 18.5 Å². The van der Waals surface area contributed by atoms with Gasteiger partial charge in [0, 0.05) is 61.3 Å². The van der Waals surface area contributed by atoms with E-state index in [1.807, 2.05) is 6.20 Å². The molecule has 0 N–H and O–H groups in total. The Hall–Kier alpha value is -6.03. The molecule has 0 amide bonds. The molecule has 0 aliphatic rings. The Morgan fingerprint density at radius 2 is 1.06 bits per heavy atom. The molecule has 5 nitrogen and oxygen atoms in total. The molecule has 0 saturated heterocycles. The molecular weight excluding hydrogens is 1060 g/mol. The second kappa shape index (κ2) is 18.8. The summed E-state index contributed by atoms with van der Waals surface area (Å²) in [6, 6.07) is 55.9. The Labute approximate surface area is 444 Å². The zero-order chi connectivity index (χ0) is 51.1. The smallest absolute Gasteiger partial charge is 0.267 e. The van der Waals surface area contributed by atoms with Crippen LogP contribution in [0.3, 0.4) is 0 Å². The second-order valence-electron chi connectivity index (χ2n) is 24.8. The van der Waals surface area contributed by atoms with Gasteiger partial charge in [-0.3, -0.25) is 4.57 Å². The summed E-state index contributed by atoms with van der Waals surface area (Å²) in [5.74, 6) is 2.09. The first-order chi connectivity index (χ1) is 33.2. The number of nitrogens with zero attached hydrogens (tertiary/aromatic N) is 4. The van der Waals surface area contributed by atoms with E-state index < -0.39 is 5.41 Å². The van der Waals surface area contributed by atoms with Crippen LogP contribution in [0.25, 0.3) is 39.0 Å². The third-order valence-corrected chi connectivity index (χ3v) is 14.6. The van der Waals surface area contributed by atoms with E-state index in [4.69, 9.17) is 9.72 Å². The van der Waals surface area contributed by atoms with Crippen LogP contribution in [-0.4, -0.2) is 14.1 Å². The number of para-hydroxylation sites is 1. The summed E-state index contributed by atoms with van der Waals surface area (Å²) in [7, 11) is 0. The van der Waals surface area contributed by atoms with Crippen LogP contribution in [0.1, 0.15) is 155 Å². The molecule has 6 heteroatoms. The molecule has 0 spiro atoms. The van der Waals surface area contributed by atoms with E-state index in [0.29, 0.717) is 11.5 Å². The fourth-order valence-electron chi connectivity index (χ4n) is 9.83. The van der Waals surface area contributed by atoms with E-state index in [0.717, 1.165) is 50.3 Å². The summed E-state index contributed by atoms with van der Waals surface area (Å²) in [5.41, 5.74) is 12.3. The standard InChI is InChI=1S/C66H72N4O.Pt/c1-61(2,3)46-31-32-67-59(38-46)70-56-30-24-23-29-54(56)60-55(64(10,11)12)40-53(41-57(60)70)71-52-37-48(63(7,8)9)34-50(39-52)68-42-58(66(15,16)45-27-21-18-22-28-45)69(43-68)51-35-47(62(4,5)6)33-49(36-51)65(13,14)44-25-19-17-20-26-44;/h17-38,40,42H,1-16H3;/q-2;. The molecule has 0 aliphatic heterocycles. The number of benzene rings is 6. The van der Waals surface area contributed by atoms with Gasteiger partial charge in [0.2, 0.25) is 0 Å². The minimum Gasteiger partial charge on any atom is -0.510 e. The predicted molar refractivity (Wildman–Crippen MR) is 294 cm³/mol. The van der Waals surface area contributed by atoms with Gasteiger partial charge in [0.25, 0.3) is 6.33 Å². The molecule has 9 aromatic rings. The first-order valence-electron chi connectivity index (χ1n) is 25.3. The van der Waals surface area contributed by atoms with E-state index in [1.165, 1.54) is 33.4 Å². The molecule has 0 bridgehead atoms. The van der Waals surface area contributed by atoms with Gasteiger partial charge in [-0.25, -0.2) is 4.98 Å². The van der Waals surface area contributed by atoms with E-state index in [2.05, 4.69) is 283 Å². The van der Waals surface area contributed by atoms with E-state index in [-0.39, 0.29) is 48.1 Å². The predicted octanol–water partition coefficient (Wildman–Crippen LogP) is 16.3. The van der Waals surface area contributed by atoms with Gasteiger partial charge in [0.15, 0.2) is 0 Å². The van der Waals surface area contributed by atoms with Crippen molar-refractivity contribution in [3.63, 3.8) is 0 Å². The first kappa shape index (κ1) is 52.3. The van der Waals surface area contributed by atoms with Crippen LogP contribution in [0.4, 0.5) is 0 Å². The Morgan fingerprint density at radius 1 is 0.500 bits per heavy atom. The number of fused-ring (bicyclic) bond motifs is 3. The van der Waals surface area contributed by atoms with Crippen molar-refractivity contribution < 1.29 is 30.4 Å². The molecule has 6 aromatic carbocycles. The zero-order valence-corrected chi connectivity index (χ0v) is 47.6. The summed E-state index contributed by atoms with van der Waals surface area (Å²) < 4.78 is 13.8. The third kappa shape index (κ3) is 10.0. The van der Waals surface area contributed by atoms with Crippen molar-refractivity contribution >= 4 is 21.8 Å². The number of rotatable bonds is 9. The fraction of sp³-hybridized carbons (Fsp3) is 0.333. The molecule has 0 radical (unpaired) electrons. The summed E-state index contributed by atoms with van der Waals surface area (Å²) in [4.78, 5) is 4.99. The van der Waals surface area contributed by atoms with Crippen molar-refractivity contribution in [1.29, 1.82) is 0 Å². The Balaban J connectivity index is 0.00000693. The molecule has 3 aromatic heterocycles. The number of aromatic nitrogens is 4. The summed E-state index contributed by atoms with van der Waals surface area (Å²) in [6.45, 7) is 36.5. The van der Waals surface area contributed by atoms with Crippen LogP contribution in [0.15, 0.2) is 146 Å². The van der Waals surface area contributed by atoms with Crippen LogP contribution in [0.5, 0.6) is 11.5 Å². The van der Waals surface area contributed by atoms with Crippen molar-refractivity contribution in [3.05, 3.63) is 209 Å². The number of ether oxygens (including phenoxy) is 1. The van der Waals surface area contributed by atoms with Crippen LogP contribution >= 0.6 is 0 Å². The SMILES string of the molecule is CC(C)(C)c1cc(Oc2[c-]c3c(c(C(C)(C)C)c2)c2ccccc2n3-c2cc(C(C)(C)C)ccn2)[c-]c(-n2[c-][n+](-c3cc(C(C)(C)C)cc(C(C)(C)c4ccccc4)c3)c(C(C)(C)c3ccccc3)c2)c1.[Pt]. The van der Waals surface area contributed by atoms with Crippen molar-refractivity contribution in [2.75, 3.05) is 0 Å². The van der Waals surface area contributed by atoms with Gasteiger partial charge in [0.05, 0.1) is 11.4 Å². The Morgan fingerprint density at radius 3 is 1.67 bits per heavy atom. The summed E-state index contributed by atoms with van der Waals surface area (Å²) in [6.07, 6.45) is 8.06. The normalized spacial score (nSPS) is 12.9. The van der Waals surface area contributed by atoms with Gasteiger partial charge in [-0.1, -0.05) is 207 Å². The van der Waals surface area contributed by atoms with Gasteiger partial charge in [0.1, 0.15) is 5.82 Å². The van der Waals surface area contributed by atoms with Crippen molar-refractivity contribution in [3.8, 4) is 28.7 Å². The number of hydrogen-bond acceptors (Lipinski definition) is 2. The molecule has 374 valence electrons. The minimum atomic E-state index is -0.412. The van der Waals surface area contributed by atoms with Crippen LogP contribution in [-0.2, 0) is 53.6 Å². The third-order valence-electron chi connectivity index (χ3n) is 14.6. The fourth-order valence-corrected chi connectivity index (χ4v) is 9.83. The van der Waals surface area contributed by atoms with E-state index >= 15 is 0 Å². The van der Waals surface area contributed by atoms with Crippen molar-refractivity contribution in [2.45, 2.75) is 143 Å². The van der Waals surface area contributed by atoms with Gasteiger partial charge in [-0.2, -0.15) is 11.6 Å². The summed E-state index contributed by atoms with van der Waals surface area (Å²) >= 11 is 0. The van der Waals surface area contributed by atoms with Crippen molar-refractivity contribution in [1.82, 2.24) is 14.1 Å².